The van der Waals surface area contributed by atoms with Gasteiger partial charge >= 0.3 is 6.03 Å². The number of anilines is 1. The third-order valence-corrected chi connectivity index (χ3v) is 3.94. The molecule has 2 rings (SSSR count). The average Bonchev–Trinajstić information content (AvgIpc) is 2.49. The molecule has 22 heavy (non-hydrogen) atoms. The predicted octanol–water partition coefficient (Wildman–Crippen LogP) is 4.87. The Kier molecular flexibility index (Phi) is 6.24. The summed E-state index contributed by atoms with van der Waals surface area (Å²) in [4.78, 5) is 12.8. The highest BCUT2D eigenvalue weighted by Crippen LogP contribution is 2.27. The molecular formula is C15H14Cl2N2O2S. The van der Waals surface area contributed by atoms with Crippen molar-refractivity contribution in [3.8, 4) is 5.75 Å². The van der Waals surface area contributed by atoms with Gasteiger partial charge in [0.1, 0.15) is 5.75 Å². The van der Waals surface area contributed by atoms with Crippen molar-refractivity contribution in [1.82, 2.24) is 5.32 Å². The Hall–Kier alpha value is -1.56. The Balaban J connectivity index is 1.82. The molecule has 0 aliphatic rings. The van der Waals surface area contributed by atoms with E-state index in [0.717, 1.165) is 4.90 Å². The van der Waals surface area contributed by atoms with Gasteiger partial charge in [0.15, 0.2) is 6.73 Å². The molecule has 116 valence electrons. The van der Waals surface area contributed by atoms with E-state index in [0.29, 0.717) is 21.5 Å². The van der Waals surface area contributed by atoms with Gasteiger partial charge in [-0.25, -0.2) is 4.79 Å². The quantitative estimate of drug-likeness (QED) is 0.593. The summed E-state index contributed by atoms with van der Waals surface area (Å²) in [5, 5.41) is 6.23. The van der Waals surface area contributed by atoms with Gasteiger partial charge < -0.3 is 15.4 Å². The molecule has 0 saturated carbocycles. The van der Waals surface area contributed by atoms with Gasteiger partial charge in [0.2, 0.25) is 0 Å². The number of hydrogen-bond acceptors (Lipinski definition) is 3. The third kappa shape index (κ3) is 5.02. The Morgan fingerprint density at radius 3 is 2.77 bits per heavy atom. The van der Waals surface area contributed by atoms with E-state index < -0.39 is 0 Å². The molecule has 7 heteroatoms. The first-order valence-electron chi connectivity index (χ1n) is 6.35. The fourth-order valence-corrected chi connectivity index (χ4v) is 2.57. The maximum atomic E-state index is 11.8. The number of rotatable bonds is 5. The van der Waals surface area contributed by atoms with E-state index in [2.05, 4.69) is 10.6 Å². The van der Waals surface area contributed by atoms with Crippen molar-refractivity contribution in [2.45, 2.75) is 4.90 Å². The molecule has 0 radical (unpaired) electrons. The molecule has 0 atom stereocenters. The Morgan fingerprint density at radius 1 is 1.23 bits per heavy atom. The minimum absolute atomic E-state index is 0.00456. The van der Waals surface area contributed by atoms with Crippen molar-refractivity contribution >= 4 is 46.7 Å². The molecule has 0 aromatic heterocycles. The highest BCUT2D eigenvalue weighted by Gasteiger charge is 2.05. The Bertz CT molecular complexity index is 668. The Labute approximate surface area is 143 Å². The molecule has 2 amide bonds. The number of urea groups is 1. The minimum atomic E-state index is -0.358. The van der Waals surface area contributed by atoms with Gasteiger partial charge in [-0.1, -0.05) is 29.3 Å². The first-order chi connectivity index (χ1) is 10.6. The van der Waals surface area contributed by atoms with Crippen LogP contribution in [0.1, 0.15) is 0 Å². The molecule has 2 N–H and O–H groups in total. The first kappa shape index (κ1) is 16.8. The predicted molar refractivity (Wildman–Crippen MR) is 92.3 cm³/mol. The van der Waals surface area contributed by atoms with Crippen molar-refractivity contribution < 1.29 is 9.53 Å². The lowest BCUT2D eigenvalue weighted by Gasteiger charge is -2.11. The number of carbonyl (C=O) groups is 1. The van der Waals surface area contributed by atoms with Crippen LogP contribution in [0, 0.1) is 0 Å². The number of nitrogens with one attached hydrogen (secondary N) is 2. The van der Waals surface area contributed by atoms with Crippen LogP contribution in [-0.4, -0.2) is 19.0 Å². The van der Waals surface area contributed by atoms with Crippen molar-refractivity contribution in [2.24, 2.45) is 0 Å². The van der Waals surface area contributed by atoms with Crippen molar-refractivity contribution in [2.75, 3.05) is 18.3 Å². The summed E-state index contributed by atoms with van der Waals surface area (Å²) in [6, 6.07) is 12.1. The second-order valence-electron chi connectivity index (χ2n) is 4.23. The molecule has 0 fully saturated rings. The molecule has 0 heterocycles. The zero-order valence-electron chi connectivity index (χ0n) is 11.7. The molecule has 0 aliphatic carbocycles. The van der Waals surface area contributed by atoms with E-state index in [9.17, 15) is 4.79 Å². The van der Waals surface area contributed by atoms with E-state index in [-0.39, 0.29) is 12.8 Å². The lowest BCUT2D eigenvalue weighted by molar-refractivity contribution is 0.234. The number of benzene rings is 2. The van der Waals surface area contributed by atoms with Crippen molar-refractivity contribution in [1.29, 1.82) is 0 Å². The molecule has 2 aromatic carbocycles. The molecule has 0 bridgehead atoms. The lowest BCUT2D eigenvalue weighted by Crippen LogP contribution is -2.32. The number of amides is 2. The highest BCUT2D eigenvalue weighted by atomic mass is 35.5. The van der Waals surface area contributed by atoms with Crippen LogP contribution >= 0.6 is 35.0 Å². The van der Waals surface area contributed by atoms with Crippen LogP contribution in [0.5, 0.6) is 5.75 Å². The van der Waals surface area contributed by atoms with Crippen LogP contribution < -0.4 is 15.4 Å². The maximum absolute atomic E-state index is 11.8. The smallest absolute Gasteiger partial charge is 0.321 e. The minimum Gasteiger partial charge on any atom is -0.472 e. The number of hydrogen-bond donors (Lipinski definition) is 2. The van der Waals surface area contributed by atoms with E-state index >= 15 is 0 Å². The van der Waals surface area contributed by atoms with E-state index in [1.807, 2.05) is 30.5 Å². The van der Waals surface area contributed by atoms with Crippen LogP contribution in [-0.2, 0) is 0 Å². The van der Waals surface area contributed by atoms with Gasteiger partial charge in [0.25, 0.3) is 0 Å². The summed E-state index contributed by atoms with van der Waals surface area (Å²) in [5.41, 5.74) is 0.717. The van der Waals surface area contributed by atoms with Crippen LogP contribution in [0.3, 0.4) is 0 Å². The molecule has 0 unspecified atom stereocenters. The van der Waals surface area contributed by atoms with Gasteiger partial charge in [-0.2, -0.15) is 0 Å². The van der Waals surface area contributed by atoms with Crippen LogP contribution in [0.25, 0.3) is 0 Å². The lowest BCUT2D eigenvalue weighted by atomic mass is 10.3. The maximum Gasteiger partial charge on any atom is 0.321 e. The fourth-order valence-electron chi connectivity index (χ4n) is 1.65. The summed E-state index contributed by atoms with van der Waals surface area (Å²) in [6.45, 7) is -0.00456. The van der Waals surface area contributed by atoms with Gasteiger partial charge in [-0.05, 0) is 42.7 Å². The normalized spacial score (nSPS) is 10.1. The van der Waals surface area contributed by atoms with Gasteiger partial charge in [-0.15, -0.1) is 11.8 Å². The fraction of sp³-hybridized carbons (Fsp3) is 0.133. The number of ether oxygens (including phenoxy) is 1. The summed E-state index contributed by atoms with van der Waals surface area (Å²) in [6.07, 6.45) is 1.98. The number of thioether (sulfide) groups is 1. The average molecular weight is 357 g/mol. The van der Waals surface area contributed by atoms with E-state index in [1.54, 1.807) is 30.0 Å². The van der Waals surface area contributed by atoms with Crippen molar-refractivity contribution in [3.05, 3.63) is 52.5 Å². The molecule has 4 nitrogen and oxygen atoms in total. The highest BCUT2D eigenvalue weighted by molar-refractivity contribution is 7.98. The van der Waals surface area contributed by atoms with E-state index in [1.165, 1.54) is 0 Å². The number of carbonyl (C=O) groups excluding carboxylic acids is 1. The van der Waals surface area contributed by atoms with Crippen LogP contribution in [0.4, 0.5) is 10.5 Å². The summed E-state index contributed by atoms with van der Waals surface area (Å²) in [7, 11) is 0. The molecule has 0 aliphatic heterocycles. The van der Waals surface area contributed by atoms with Gasteiger partial charge in [-0.3, -0.25) is 0 Å². The van der Waals surface area contributed by atoms with Crippen molar-refractivity contribution in [3.63, 3.8) is 0 Å². The monoisotopic (exact) mass is 356 g/mol. The first-order valence-corrected chi connectivity index (χ1v) is 8.33. The van der Waals surface area contributed by atoms with Gasteiger partial charge in [0, 0.05) is 15.6 Å². The second-order valence-corrected chi connectivity index (χ2v) is 5.95. The molecule has 0 spiro atoms. The SMILES string of the molecule is CSc1cccc(NC(=O)NCOc2ccc(Cl)cc2Cl)c1. The second kappa shape index (κ2) is 8.17. The number of halogens is 2. The summed E-state index contributed by atoms with van der Waals surface area (Å²) < 4.78 is 5.38. The zero-order chi connectivity index (χ0) is 15.9. The summed E-state index contributed by atoms with van der Waals surface area (Å²) >= 11 is 13.4. The topological polar surface area (TPSA) is 50.4 Å². The van der Waals surface area contributed by atoms with E-state index in [4.69, 9.17) is 27.9 Å². The Morgan fingerprint density at radius 2 is 2.05 bits per heavy atom. The standard InChI is InChI=1S/C15H14Cl2N2O2S/c1-22-12-4-2-3-11(8-12)19-15(20)18-9-21-14-6-5-10(16)7-13(14)17/h2-8H,9H2,1H3,(H2,18,19,20). The third-order valence-electron chi connectivity index (χ3n) is 2.68. The zero-order valence-corrected chi connectivity index (χ0v) is 14.1. The van der Waals surface area contributed by atoms with Crippen LogP contribution in [0.2, 0.25) is 10.0 Å². The molecule has 2 aromatic rings. The molecule has 0 saturated heterocycles. The largest absolute Gasteiger partial charge is 0.472 e. The van der Waals surface area contributed by atoms with Gasteiger partial charge in [0.05, 0.1) is 5.02 Å². The van der Waals surface area contributed by atoms with Crippen LogP contribution in [0.15, 0.2) is 47.4 Å². The summed E-state index contributed by atoms with van der Waals surface area (Å²) in [5.74, 6) is 0.454. The molecular weight excluding hydrogens is 343 g/mol.